The summed E-state index contributed by atoms with van der Waals surface area (Å²) < 4.78 is 7.03. The number of hydrogen-bond acceptors (Lipinski definition) is 2. The molecule has 2 rings (SSSR count). The van der Waals surface area contributed by atoms with E-state index in [1.165, 1.54) is 5.56 Å². The largest absolute Gasteiger partial charge is 0.487 e. The summed E-state index contributed by atoms with van der Waals surface area (Å²) in [5.41, 5.74) is 2.19. The van der Waals surface area contributed by atoms with E-state index in [9.17, 15) is 5.11 Å². The first-order valence-corrected chi connectivity index (χ1v) is 6.34. The van der Waals surface area contributed by atoms with Gasteiger partial charge >= 0.3 is 0 Å². The third kappa shape index (κ3) is 2.11. The van der Waals surface area contributed by atoms with Crippen molar-refractivity contribution < 1.29 is 9.84 Å². The Bertz CT molecular complexity index is 413. The van der Waals surface area contributed by atoms with Crippen molar-refractivity contribution >= 4 is 15.9 Å². The number of fused-ring (bicyclic) bond motifs is 1. The molecule has 1 unspecified atom stereocenters. The lowest BCUT2D eigenvalue weighted by atomic mass is 9.96. The van der Waals surface area contributed by atoms with Gasteiger partial charge in [0.05, 0.1) is 0 Å². The Hall–Kier alpha value is -0.540. The predicted molar refractivity (Wildman–Crippen MR) is 68.1 cm³/mol. The molecule has 1 aromatic rings. The van der Waals surface area contributed by atoms with Crippen LogP contribution in [-0.2, 0) is 6.42 Å². The molecular formula is C13H17BrO2. The summed E-state index contributed by atoms with van der Waals surface area (Å²) in [4.78, 5) is 0. The summed E-state index contributed by atoms with van der Waals surface area (Å²) in [7, 11) is 0. The van der Waals surface area contributed by atoms with Crippen molar-refractivity contribution in [3.63, 3.8) is 0 Å². The Labute approximate surface area is 105 Å². The molecule has 0 bridgehead atoms. The molecule has 1 heterocycles. The van der Waals surface area contributed by atoms with Crippen molar-refractivity contribution in [3.05, 3.63) is 27.7 Å². The van der Waals surface area contributed by atoms with Gasteiger partial charge in [0, 0.05) is 29.0 Å². The van der Waals surface area contributed by atoms with E-state index in [2.05, 4.69) is 35.8 Å². The van der Waals surface area contributed by atoms with Gasteiger partial charge in [0.1, 0.15) is 11.4 Å². The average Bonchev–Trinajstić information content (AvgIpc) is 2.49. The molecule has 16 heavy (non-hydrogen) atoms. The number of aliphatic hydroxyl groups excluding tert-OH is 1. The lowest BCUT2D eigenvalue weighted by molar-refractivity contribution is 0.136. The van der Waals surface area contributed by atoms with Crippen LogP contribution in [0.2, 0.25) is 0 Å². The van der Waals surface area contributed by atoms with Gasteiger partial charge in [0.2, 0.25) is 0 Å². The fourth-order valence-corrected chi connectivity index (χ4v) is 2.69. The summed E-state index contributed by atoms with van der Waals surface area (Å²) in [6.07, 6.45) is 0.924. The van der Waals surface area contributed by atoms with Crippen molar-refractivity contribution in [2.75, 3.05) is 6.61 Å². The second-order valence-corrected chi connectivity index (χ2v) is 6.02. The van der Waals surface area contributed by atoms with E-state index in [0.29, 0.717) is 0 Å². The molecule has 1 aliphatic rings. The van der Waals surface area contributed by atoms with Crippen molar-refractivity contribution in [2.24, 2.45) is 0 Å². The van der Waals surface area contributed by atoms with E-state index in [4.69, 9.17) is 4.74 Å². The second kappa shape index (κ2) is 4.04. The minimum Gasteiger partial charge on any atom is -0.487 e. The zero-order valence-electron chi connectivity index (χ0n) is 9.88. The molecule has 88 valence electrons. The van der Waals surface area contributed by atoms with E-state index in [1.54, 1.807) is 0 Å². The Balaban J connectivity index is 2.49. The minimum absolute atomic E-state index is 0.111. The molecule has 3 heteroatoms. The summed E-state index contributed by atoms with van der Waals surface area (Å²) in [6, 6.07) is 4.15. The normalized spacial score (nSPS) is 19.1. The smallest absolute Gasteiger partial charge is 0.127 e. The van der Waals surface area contributed by atoms with Gasteiger partial charge in [-0.05, 0) is 31.5 Å². The van der Waals surface area contributed by atoms with Crippen LogP contribution in [0, 0.1) is 0 Å². The van der Waals surface area contributed by atoms with Crippen LogP contribution in [0.5, 0.6) is 5.75 Å². The Kier molecular flexibility index (Phi) is 3.01. The van der Waals surface area contributed by atoms with Crippen LogP contribution >= 0.6 is 15.9 Å². The highest BCUT2D eigenvalue weighted by Gasteiger charge is 2.32. The van der Waals surface area contributed by atoms with Gasteiger partial charge in [-0.15, -0.1) is 0 Å². The maximum absolute atomic E-state index is 9.27. The summed E-state index contributed by atoms with van der Waals surface area (Å²) in [5, 5.41) is 9.27. The number of benzene rings is 1. The number of rotatable bonds is 2. The van der Waals surface area contributed by atoms with Gasteiger partial charge in [-0.25, -0.2) is 0 Å². The summed E-state index contributed by atoms with van der Waals surface area (Å²) >= 11 is 3.51. The number of halogens is 1. The Morgan fingerprint density at radius 1 is 1.50 bits per heavy atom. The highest BCUT2D eigenvalue weighted by atomic mass is 79.9. The predicted octanol–water partition coefficient (Wildman–Crippen LogP) is 3.26. The van der Waals surface area contributed by atoms with Crippen LogP contribution in [0.25, 0.3) is 0 Å². The lowest BCUT2D eigenvalue weighted by Crippen LogP contribution is -2.25. The third-order valence-electron chi connectivity index (χ3n) is 2.96. The number of ether oxygens (including phenoxy) is 1. The topological polar surface area (TPSA) is 29.5 Å². The van der Waals surface area contributed by atoms with Crippen molar-refractivity contribution in [2.45, 2.75) is 38.7 Å². The van der Waals surface area contributed by atoms with Crippen LogP contribution in [0.15, 0.2) is 16.6 Å². The van der Waals surface area contributed by atoms with Gasteiger partial charge in [0.15, 0.2) is 0 Å². The van der Waals surface area contributed by atoms with Crippen LogP contribution in [-0.4, -0.2) is 17.3 Å². The first-order chi connectivity index (χ1) is 7.43. The van der Waals surface area contributed by atoms with E-state index >= 15 is 0 Å². The molecule has 0 aromatic heterocycles. The van der Waals surface area contributed by atoms with Crippen molar-refractivity contribution in [1.82, 2.24) is 0 Å². The minimum atomic E-state index is -0.132. The molecule has 1 atom stereocenters. The molecule has 0 saturated heterocycles. The SMILES string of the molecule is CC(CO)c1cc(Br)cc2c1OC(C)(C)C2. The Morgan fingerprint density at radius 2 is 2.19 bits per heavy atom. The highest BCUT2D eigenvalue weighted by molar-refractivity contribution is 9.10. The summed E-state index contributed by atoms with van der Waals surface area (Å²) in [6.45, 7) is 6.34. The molecule has 0 amide bonds. The lowest BCUT2D eigenvalue weighted by Gasteiger charge is -2.19. The molecule has 0 saturated carbocycles. The van der Waals surface area contributed by atoms with Gasteiger partial charge in [-0.2, -0.15) is 0 Å². The van der Waals surface area contributed by atoms with E-state index < -0.39 is 0 Å². The molecule has 1 N–H and O–H groups in total. The van der Waals surface area contributed by atoms with Gasteiger partial charge in [0.25, 0.3) is 0 Å². The summed E-state index contributed by atoms with van der Waals surface area (Å²) in [5.74, 6) is 1.08. The molecule has 0 aliphatic carbocycles. The molecule has 0 radical (unpaired) electrons. The first-order valence-electron chi connectivity index (χ1n) is 5.55. The zero-order chi connectivity index (χ0) is 11.9. The average molecular weight is 285 g/mol. The van der Waals surface area contributed by atoms with E-state index in [1.807, 2.05) is 13.0 Å². The van der Waals surface area contributed by atoms with E-state index in [-0.39, 0.29) is 18.1 Å². The second-order valence-electron chi connectivity index (χ2n) is 5.11. The molecule has 2 nitrogen and oxygen atoms in total. The van der Waals surface area contributed by atoms with Crippen LogP contribution < -0.4 is 4.74 Å². The Morgan fingerprint density at radius 3 is 2.81 bits per heavy atom. The van der Waals surface area contributed by atoms with Gasteiger partial charge in [-0.3, -0.25) is 0 Å². The molecule has 0 spiro atoms. The monoisotopic (exact) mass is 284 g/mol. The van der Waals surface area contributed by atoms with Crippen molar-refractivity contribution in [3.8, 4) is 5.75 Å². The van der Waals surface area contributed by atoms with Crippen LogP contribution in [0.1, 0.15) is 37.8 Å². The maximum atomic E-state index is 9.27. The quantitative estimate of drug-likeness (QED) is 0.903. The zero-order valence-corrected chi connectivity index (χ0v) is 11.5. The van der Waals surface area contributed by atoms with Crippen molar-refractivity contribution in [1.29, 1.82) is 0 Å². The molecule has 0 fully saturated rings. The number of aliphatic hydroxyl groups is 1. The molecular weight excluding hydrogens is 268 g/mol. The first kappa shape index (κ1) is 11.9. The third-order valence-corrected chi connectivity index (χ3v) is 3.42. The van der Waals surface area contributed by atoms with Crippen LogP contribution in [0.3, 0.4) is 0 Å². The standard InChI is InChI=1S/C13H17BrO2/c1-8(7-15)11-5-10(14)4-9-6-13(2,3)16-12(9)11/h4-5,8,15H,6-7H2,1-3H3. The molecule has 1 aliphatic heterocycles. The highest BCUT2D eigenvalue weighted by Crippen LogP contribution is 2.42. The number of hydrogen-bond donors (Lipinski definition) is 1. The van der Waals surface area contributed by atoms with E-state index in [0.717, 1.165) is 22.2 Å². The van der Waals surface area contributed by atoms with Crippen LogP contribution in [0.4, 0.5) is 0 Å². The fraction of sp³-hybridized carbons (Fsp3) is 0.538. The molecule has 1 aromatic carbocycles. The maximum Gasteiger partial charge on any atom is 0.127 e. The van der Waals surface area contributed by atoms with Gasteiger partial charge < -0.3 is 9.84 Å². The fourth-order valence-electron chi connectivity index (χ4n) is 2.16. The van der Waals surface area contributed by atoms with Gasteiger partial charge in [-0.1, -0.05) is 22.9 Å².